The van der Waals surface area contributed by atoms with E-state index >= 15 is 0 Å². The molecule has 22 heavy (non-hydrogen) atoms. The molecule has 4 nitrogen and oxygen atoms in total. The molecule has 1 saturated carbocycles. The summed E-state index contributed by atoms with van der Waals surface area (Å²) in [5.74, 6) is 1.84. The number of rotatable bonds is 4. The van der Waals surface area contributed by atoms with Crippen molar-refractivity contribution in [2.75, 3.05) is 13.1 Å². The maximum Gasteiger partial charge on any atom is 0.309 e. The first kappa shape index (κ1) is 16.3. The Balaban J connectivity index is 1.67. The smallest absolute Gasteiger partial charge is 0.309 e. The molecule has 0 spiro atoms. The van der Waals surface area contributed by atoms with Crippen LogP contribution in [0.1, 0.15) is 59.3 Å². The lowest BCUT2D eigenvalue weighted by atomic mass is 9.75. The van der Waals surface area contributed by atoms with Crippen LogP contribution in [0.5, 0.6) is 0 Å². The molecule has 4 heteroatoms. The first-order valence-electron chi connectivity index (χ1n) is 9.13. The molecule has 126 valence electrons. The van der Waals surface area contributed by atoms with Gasteiger partial charge in [-0.1, -0.05) is 27.2 Å². The number of hydrogen-bond acceptors (Lipinski definition) is 4. The number of ether oxygens (including phenoxy) is 2. The van der Waals surface area contributed by atoms with Crippen LogP contribution in [0.3, 0.4) is 0 Å². The molecule has 2 saturated heterocycles. The molecule has 3 fully saturated rings. The summed E-state index contributed by atoms with van der Waals surface area (Å²) in [5, 5.41) is 0. The summed E-state index contributed by atoms with van der Waals surface area (Å²) in [6.45, 7) is 9.04. The van der Waals surface area contributed by atoms with Crippen molar-refractivity contribution in [3.05, 3.63) is 0 Å². The van der Waals surface area contributed by atoms with Gasteiger partial charge in [0, 0.05) is 0 Å². The number of esters is 1. The van der Waals surface area contributed by atoms with Gasteiger partial charge in [-0.15, -0.1) is 0 Å². The lowest BCUT2D eigenvalue weighted by molar-refractivity contribution is -0.197. The topological polar surface area (TPSA) is 38.8 Å². The van der Waals surface area contributed by atoms with Gasteiger partial charge >= 0.3 is 5.97 Å². The average Bonchev–Trinajstić information content (AvgIpc) is 3.08. The molecule has 1 aliphatic carbocycles. The van der Waals surface area contributed by atoms with Gasteiger partial charge in [0.1, 0.15) is 0 Å². The SMILES string of the molecule is CC(C)[C@@H]1CC[C@@H](C)C[C@H]1O[C@@H]1OC(=O)C[C@H]1N1CCCC1. The van der Waals surface area contributed by atoms with E-state index in [0.29, 0.717) is 24.2 Å². The highest BCUT2D eigenvalue weighted by atomic mass is 16.7. The highest BCUT2D eigenvalue weighted by molar-refractivity contribution is 5.72. The molecule has 0 aromatic rings. The van der Waals surface area contributed by atoms with Gasteiger partial charge in [-0.3, -0.25) is 9.69 Å². The molecule has 2 heterocycles. The van der Waals surface area contributed by atoms with Gasteiger partial charge < -0.3 is 9.47 Å². The predicted octanol–water partition coefficient (Wildman–Crippen LogP) is 3.20. The van der Waals surface area contributed by atoms with E-state index in [2.05, 4.69) is 25.7 Å². The Morgan fingerprint density at radius 3 is 2.64 bits per heavy atom. The zero-order valence-electron chi connectivity index (χ0n) is 14.3. The number of cyclic esters (lactones) is 1. The third kappa shape index (κ3) is 3.48. The van der Waals surface area contributed by atoms with Crippen molar-refractivity contribution in [2.24, 2.45) is 17.8 Å². The third-order valence-corrected chi connectivity index (χ3v) is 5.82. The molecule has 0 N–H and O–H groups in total. The van der Waals surface area contributed by atoms with Gasteiger partial charge in [0.05, 0.1) is 18.6 Å². The summed E-state index contributed by atoms with van der Waals surface area (Å²) in [7, 11) is 0. The van der Waals surface area contributed by atoms with Gasteiger partial charge in [0.2, 0.25) is 6.29 Å². The molecular weight excluding hydrogens is 278 g/mol. The second-order valence-corrected chi connectivity index (χ2v) is 7.87. The van der Waals surface area contributed by atoms with E-state index in [-0.39, 0.29) is 24.4 Å². The van der Waals surface area contributed by atoms with Crippen LogP contribution < -0.4 is 0 Å². The second kappa shape index (κ2) is 6.88. The monoisotopic (exact) mass is 309 g/mol. The molecule has 0 aromatic carbocycles. The maximum absolute atomic E-state index is 11.8. The minimum absolute atomic E-state index is 0.0909. The first-order chi connectivity index (χ1) is 10.5. The number of carbonyl (C=O) groups is 1. The fraction of sp³-hybridized carbons (Fsp3) is 0.944. The molecule has 3 rings (SSSR count). The van der Waals surface area contributed by atoms with Gasteiger partial charge in [0.15, 0.2) is 0 Å². The van der Waals surface area contributed by atoms with E-state index in [1.165, 1.54) is 25.7 Å². The van der Waals surface area contributed by atoms with Crippen LogP contribution in [0.4, 0.5) is 0 Å². The normalized spacial score (nSPS) is 40.4. The molecule has 3 aliphatic rings. The Labute approximate surface area is 134 Å². The maximum atomic E-state index is 11.8. The van der Waals surface area contributed by atoms with Gasteiger partial charge in [-0.05, 0) is 56.5 Å². The molecule has 0 amide bonds. The quantitative estimate of drug-likeness (QED) is 0.748. The predicted molar refractivity (Wildman–Crippen MR) is 85.3 cm³/mol. The molecule has 2 aliphatic heterocycles. The van der Waals surface area contributed by atoms with Gasteiger partial charge in [-0.2, -0.15) is 0 Å². The van der Waals surface area contributed by atoms with Crippen molar-refractivity contribution in [3.8, 4) is 0 Å². The molecule has 0 bridgehead atoms. The summed E-state index contributed by atoms with van der Waals surface area (Å²) >= 11 is 0. The lowest BCUT2D eigenvalue weighted by Crippen LogP contribution is -2.45. The highest BCUT2D eigenvalue weighted by Crippen LogP contribution is 2.37. The van der Waals surface area contributed by atoms with E-state index < -0.39 is 0 Å². The Morgan fingerprint density at radius 1 is 1.23 bits per heavy atom. The third-order valence-electron chi connectivity index (χ3n) is 5.82. The standard InChI is InChI=1S/C18H31NO3/c1-12(2)14-7-6-13(3)10-16(14)21-18-15(11-17(20)22-18)19-8-4-5-9-19/h12-16,18H,4-11H2,1-3H3/t13-,14+,15-,16-,18-/m1/s1. The molecule has 0 unspecified atom stereocenters. The average molecular weight is 309 g/mol. The molecular formula is C18H31NO3. The van der Waals surface area contributed by atoms with Crippen molar-refractivity contribution in [2.45, 2.75) is 77.7 Å². The van der Waals surface area contributed by atoms with E-state index in [1.807, 2.05) is 0 Å². The van der Waals surface area contributed by atoms with Crippen molar-refractivity contribution >= 4 is 5.97 Å². The summed E-state index contributed by atoms with van der Waals surface area (Å²) < 4.78 is 12.0. The minimum Gasteiger partial charge on any atom is -0.434 e. The zero-order chi connectivity index (χ0) is 15.7. The lowest BCUT2D eigenvalue weighted by Gasteiger charge is -2.39. The van der Waals surface area contributed by atoms with E-state index in [0.717, 1.165) is 19.5 Å². The highest BCUT2D eigenvalue weighted by Gasteiger charge is 2.43. The summed E-state index contributed by atoms with van der Waals surface area (Å²) in [6, 6.07) is 0.139. The van der Waals surface area contributed by atoms with Crippen molar-refractivity contribution in [1.29, 1.82) is 0 Å². The fourth-order valence-electron chi connectivity index (χ4n) is 4.46. The second-order valence-electron chi connectivity index (χ2n) is 7.87. The van der Waals surface area contributed by atoms with Crippen molar-refractivity contribution in [1.82, 2.24) is 4.90 Å². The van der Waals surface area contributed by atoms with Crippen LogP contribution in [0.25, 0.3) is 0 Å². The van der Waals surface area contributed by atoms with Crippen molar-refractivity contribution in [3.63, 3.8) is 0 Å². The van der Waals surface area contributed by atoms with Gasteiger partial charge in [-0.25, -0.2) is 0 Å². The van der Waals surface area contributed by atoms with Crippen LogP contribution in [0.2, 0.25) is 0 Å². The Hall–Kier alpha value is -0.610. The Morgan fingerprint density at radius 2 is 1.95 bits per heavy atom. The molecule has 5 atom stereocenters. The number of hydrogen-bond donors (Lipinski definition) is 0. The van der Waals surface area contributed by atoms with Crippen LogP contribution in [-0.4, -0.2) is 42.4 Å². The number of carbonyl (C=O) groups excluding carboxylic acids is 1. The van der Waals surface area contributed by atoms with E-state index in [1.54, 1.807) is 0 Å². The number of likely N-dealkylation sites (tertiary alicyclic amines) is 1. The van der Waals surface area contributed by atoms with Crippen LogP contribution in [0.15, 0.2) is 0 Å². The Kier molecular flexibility index (Phi) is 5.08. The zero-order valence-corrected chi connectivity index (χ0v) is 14.3. The first-order valence-corrected chi connectivity index (χ1v) is 9.13. The summed E-state index contributed by atoms with van der Waals surface area (Å²) in [5.41, 5.74) is 0. The summed E-state index contributed by atoms with van der Waals surface area (Å²) in [6.07, 6.45) is 6.48. The molecule has 0 aromatic heterocycles. The van der Waals surface area contributed by atoms with E-state index in [9.17, 15) is 4.79 Å². The fourth-order valence-corrected chi connectivity index (χ4v) is 4.46. The van der Waals surface area contributed by atoms with E-state index in [4.69, 9.17) is 9.47 Å². The number of nitrogens with zero attached hydrogens (tertiary/aromatic N) is 1. The minimum atomic E-state index is -0.345. The van der Waals surface area contributed by atoms with Crippen LogP contribution in [0, 0.1) is 17.8 Å². The largest absolute Gasteiger partial charge is 0.434 e. The summed E-state index contributed by atoms with van der Waals surface area (Å²) in [4.78, 5) is 14.2. The van der Waals surface area contributed by atoms with Crippen LogP contribution >= 0.6 is 0 Å². The van der Waals surface area contributed by atoms with Crippen molar-refractivity contribution < 1.29 is 14.3 Å². The Bertz CT molecular complexity index is 392. The van der Waals surface area contributed by atoms with Crippen LogP contribution in [-0.2, 0) is 14.3 Å². The molecule has 0 radical (unpaired) electrons. The van der Waals surface area contributed by atoms with Gasteiger partial charge in [0.25, 0.3) is 0 Å².